The second-order valence-corrected chi connectivity index (χ2v) is 4.87. The van der Waals surface area contributed by atoms with E-state index in [9.17, 15) is 9.59 Å². The van der Waals surface area contributed by atoms with Gasteiger partial charge in [-0.3, -0.25) is 4.79 Å². The molecule has 0 spiro atoms. The molecule has 2 rings (SSSR count). The summed E-state index contributed by atoms with van der Waals surface area (Å²) in [7, 11) is 1.36. The minimum absolute atomic E-state index is 0.00915. The topological polar surface area (TPSA) is 74.3 Å². The molecule has 6 nitrogen and oxygen atoms in total. The van der Waals surface area contributed by atoms with E-state index in [2.05, 4.69) is 5.10 Å². The second-order valence-electron chi connectivity index (χ2n) is 4.87. The van der Waals surface area contributed by atoms with Crippen molar-refractivity contribution in [3.05, 3.63) is 16.6 Å². The predicted octanol–water partition coefficient (Wildman–Crippen LogP) is 1.07. The number of nitrogens with zero attached hydrogens (tertiary/aromatic N) is 2. The van der Waals surface area contributed by atoms with Crippen molar-refractivity contribution >= 4 is 11.5 Å². The number of aromatic nitrogens is 2. The van der Waals surface area contributed by atoms with Crippen LogP contribution in [-0.2, 0) is 4.79 Å². The quantitative estimate of drug-likeness (QED) is 0.770. The summed E-state index contributed by atoms with van der Waals surface area (Å²) in [6.45, 7) is 3.94. The molecule has 1 aromatic rings. The zero-order valence-electron chi connectivity index (χ0n) is 10.0. The molecule has 92 valence electrons. The van der Waals surface area contributed by atoms with Gasteiger partial charge in [-0.25, -0.2) is 4.79 Å². The van der Waals surface area contributed by atoms with Gasteiger partial charge in [0.1, 0.15) is 0 Å². The van der Waals surface area contributed by atoms with Crippen LogP contribution in [0.25, 0.3) is 5.70 Å². The Morgan fingerprint density at radius 3 is 2.65 bits per heavy atom. The van der Waals surface area contributed by atoms with E-state index in [1.807, 2.05) is 13.8 Å². The molecule has 1 aliphatic rings. The summed E-state index contributed by atoms with van der Waals surface area (Å²) < 4.78 is 10.6. The van der Waals surface area contributed by atoms with Gasteiger partial charge in [-0.05, 0) is 11.8 Å². The number of rotatable bonds is 2. The lowest BCUT2D eigenvalue weighted by Crippen LogP contribution is -2.27. The van der Waals surface area contributed by atoms with Gasteiger partial charge in [-0.2, -0.15) is 4.68 Å². The molecule has 0 radical (unpaired) electrons. The molecule has 0 saturated heterocycles. The van der Waals surface area contributed by atoms with Crippen LogP contribution >= 0.6 is 0 Å². The van der Waals surface area contributed by atoms with Crippen LogP contribution in [0, 0.1) is 5.41 Å². The fourth-order valence-corrected chi connectivity index (χ4v) is 1.97. The zero-order valence-corrected chi connectivity index (χ0v) is 10.0. The van der Waals surface area contributed by atoms with Crippen LogP contribution in [0.1, 0.15) is 26.7 Å². The number of carbonyl (C=O) groups excluding carboxylic acids is 1. The maximum absolute atomic E-state index is 11.6. The lowest BCUT2D eigenvalue weighted by atomic mass is 9.79. The van der Waals surface area contributed by atoms with E-state index in [-0.39, 0.29) is 17.3 Å². The maximum atomic E-state index is 11.6. The van der Waals surface area contributed by atoms with Crippen molar-refractivity contribution in [2.24, 2.45) is 5.41 Å². The average molecular weight is 238 g/mol. The summed E-state index contributed by atoms with van der Waals surface area (Å²) in [6.07, 6.45) is 2.40. The van der Waals surface area contributed by atoms with Crippen molar-refractivity contribution in [3.8, 4) is 6.08 Å². The van der Waals surface area contributed by atoms with Gasteiger partial charge in [0.2, 0.25) is 0 Å². The molecule has 0 bridgehead atoms. The third-order valence-electron chi connectivity index (χ3n) is 2.62. The number of carbonyl (C=O) groups is 1. The second kappa shape index (κ2) is 3.87. The Kier molecular flexibility index (Phi) is 2.65. The highest BCUT2D eigenvalue weighted by Crippen LogP contribution is 2.34. The third kappa shape index (κ3) is 2.30. The molecule has 0 aliphatic heterocycles. The standard InChI is InChI=1S/C11H14N2O4/c1-11(2)5-7(4-8(14)6-11)13-10(15)17-9(12-13)16-3/h4H,5-6H2,1-3H3. The first-order valence-electron chi connectivity index (χ1n) is 5.29. The van der Waals surface area contributed by atoms with Gasteiger partial charge in [-0.1, -0.05) is 18.9 Å². The van der Waals surface area contributed by atoms with E-state index in [4.69, 9.17) is 9.15 Å². The molecule has 6 heteroatoms. The van der Waals surface area contributed by atoms with Crippen LogP contribution in [0.5, 0.6) is 6.08 Å². The third-order valence-corrected chi connectivity index (χ3v) is 2.62. The lowest BCUT2D eigenvalue weighted by molar-refractivity contribution is -0.116. The van der Waals surface area contributed by atoms with E-state index >= 15 is 0 Å². The maximum Gasteiger partial charge on any atom is 0.444 e. The van der Waals surface area contributed by atoms with Gasteiger partial charge in [0.15, 0.2) is 5.78 Å². The Labute approximate surface area is 97.9 Å². The summed E-state index contributed by atoms with van der Waals surface area (Å²) in [6, 6.07) is 0. The molecule has 0 aromatic carbocycles. The minimum Gasteiger partial charge on any atom is -0.452 e. The number of hydrogen-bond acceptors (Lipinski definition) is 5. The predicted molar refractivity (Wildman–Crippen MR) is 59.6 cm³/mol. The van der Waals surface area contributed by atoms with Crippen molar-refractivity contribution in [1.82, 2.24) is 9.78 Å². The van der Waals surface area contributed by atoms with Crippen LogP contribution in [0.3, 0.4) is 0 Å². The van der Waals surface area contributed by atoms with Gasteiger partial charge in [0, 0.05) is 12.5 Å². The Bertz CT molecular complexity index is 536. The van der Waals surface area contributed by atoms with Crippen LogP contribution in [0.4, 0.5) is 0 Å². The highest BCUT2D eigenvalue weighted by molar-refractivity contribution is 5.96. The summed E-state index contributed by atoms with van der Waals surface area (Å²) in [4.78, 5) is 23.1. The van der Waals surface area contributed by atoms with Gasteiger partial charge < -0.3 is 9.15 Å². The number of methoxy groups -OCH3 is 1. The lowest BCUT2D eigenvalue weighted by Gasteiger charge is -2.27. The van der Waals surface area contributed by atoms with E-state index in [0.29, 0.717) is 18.5 Å². The van der Waals surface area contributed by atoms with Gasteiger partial charge in [-0.15, -0.1) is 0 Å². The molecule has 0 saturated carbocycles. The summed E-state index contributed by atoms with van der Waals surface area (Å²) >= 11 is 0. The molecule has 1 aliphatic carbocycles. The Balaban J connectivity index is 2.43. The first-order valence-corrected chi connectivity index (χ1v) is 5.29. The molecular formula is C11H14N2O4. The Morgan fingerprint density at radius 2 is 2.12 bits per heavy atom. The number of hydrogen-bond donors (Lipinski definition) is 0. The smallest absolute Gasteiger partial charge is 0.444 e. The monoisotopic (exact) mass is 238 g/mol. The van der Waals surface area contributed by atoms with Gasteiger partial charge in [0.25, 0.3) is 0 Å². The normalized spacial score (nSPS) is 19.0. The van der Waals surface area contributed by atoms with Crippen molar-refractivity contribution in [3.63, 3.8) is 0 Å². The summed E-state index contributed by atoms with van der Waals surface area (Å²) in [5, 5.41) is 3.85. The summed E-state index contributed by atoms with van der Waals surface area (Å²) in [5.41, 5.74) is 0.371. The van der Waals surface area contributed by atoms with Crippen molar-refractivity contribution in [2.45, 2.75) is 26.7 Å². The van der Waals surface area contributed by atoms with Crippen LogP contribution in [0.15, 0.2) is 15.3 Å². The molecule has 1 aromatic heterocycles. The zero-order chi connectivity index (χ0) is 12.6. The number of ketones is 1. The number of ether oxygens (including phenoxy) is 1. The van der Waals surface area contributed by atoms with E-state index in [1.54, 1.807) is 0 Å². The molecule has 0 amide bonds. The SMILES string of the molecule is COc1nn(C2=CC(=O)CC(C)(C)C2)c(=O)o1. The minimum atomic E-state index is -0.640. The molecule has 1 heterocycles. The van der Waals surface area contributed by atoms with Crippen molar-refractivity contribution < 1.29 is 13.9 Å². The first-order chi connectivity index (χ1) is 7.91. The van der Waals surface area contributed by atoms with E-state index in [0.717, 1.165) is 4.68 Å². The summed E-state index contributed by atoms with van der Waals surface area (Å²) in [5.74, 6) is -0.649. The fourth-order valence-electron chi connectivity index (χ4n) is 1.97. The number of allylic oxidation sites excluding steroid dienone is 2. The van der Waals surface area contributed by atoms with Crippen molar-refractivity contribution in [1.29, 1.82) is 0 Å². The van der Waals surface area contributed by atoms with Crippen LogP contribution in [0.2, 0.25) is 0 Å². The molecule has 0 N–H and O–H groups in total. The van der Waals surface area contributed by atoms with E-state index < -0.39 is 5.76 Å². The van der Waals surface area contributed by atoms with Crippen LogP contribution in [-0.4, -0.2) is 22.7 Å². The molecular weight excluding hydrogens is 224 g/mol. The highest BCUT2D eigenvalue weighted by atomic mass is 16.6. The van der Waals surface area contributed by atoms with E-state index in [1.165, 1.54) is 13.2 Å². The Morgan fingerprint density at radius 1 is 1.41 bits per heavy atom. The largest absolute Gasteiger partial charge is 0.452 e. The van der Waals surface area contributed by atoms with Gasteiger partial charge >= 0.3 is 11.8 Å². The first kappa shape index (κ1) is 11.6. The van der Waals surface area contributed by atoms with Gasteiger partial charge in [0.05, 0.1) is 12.8 Å². The van der Waals surface area contributed by atoms with Crippen LogP contribution < -0.4 is 10.5 Å². The molecule has 0 fully saturated rings. The van der Waals surface area contributed by atoms with Crippen molar-refractivity contribution in [2.75, 3.05) is 7.11 Å². The molecule has 17 heavy (non-hydrogen) atoms. The Hall–Kier alpha value is -1.85. The fraction of sp³-hybridized carbons (Fsp3) is 0.545. The molecule has 0 atom stereocenters. The highest BCUT2D eigenvalue weighted by Gasteiger charge is 2.30. The average Bonchev–Trinajstić information content (AvgIpc) is 2.56. The molecule has 0 unspecified atom stereocenters.